The smallest absolute Gasteiger partial charge is 0.324 e. The molecule has 0 unspecified atom stereocenters. The molecule has 2 rings (SSSR count). The molecule has 0 saturated carbocycles. The Morgan fingerprint density at radius 2 is 1.84 bits per heavy atom. The summed E-state index contributed by atoms with van der Waals surface area (Å²) < 4.78 is 37.6. The predicted octanol–water partition coefficient (Wildman–Crippen LogP) is 3.86. The van der Waals surface area contributed by atoms with Crippen LogP contribution in [-0.4, -0.2) is 9.97 Å². The highest BCUT2D eigenvalue weighted by Gasteiger charge is 2.32. The molecule has 0 aliphatic rings. The fourth-order valence-electron chi connectivity index (χ4n) is 1.65. The largest absolute Gasteiger partial charge is 0.433 e. The van der Waals surface area contributed by atoms with Gasteiger partial charge in [0.1, 0.15) is 5.69 Å². The van der Waals surface area contributed by atoms with Crippen molar-refractivity contribution in [3.63, 3.8) is 0 Å². The van der Waals surface area contributed by atoms with Gasteiger partial charge in [0.05, 0.1) is 0 Å². The SMILES string of the molecule is Cc1ccc(Nc2nccc(C(F)(F)F)n2)c(C)c1. The molecule has 0 aliphatic carbocycles. The number of hydrogen-bond donors (Lipinski definition) is 1. The molecule has 1 N–H and O–H groups in total. The van der Waals surface area contributed by atoms with E-state index < -0.39 is 11.9 Å². The van der Waals surface area contributed by atoms with Gasteiger partial charge in [-0.1, -0.05) is 17.7 Å². The summed E-state index contributed by atoms with van der Waals surface area (Å²) in [5.74, 6) is -0.0678. The summed E-state index contributed by atoms with van der Waals surface area (Å²) in [6.45, 7) is 3.81. The first-order chi connectivity index (χ1) is 8.86. The Morgan fingerprint density at radius 1 is 1.11 bits per heavy atom. The predicted molar refractivity (Wildman–Crippen MR) is 66.2 cm³/mol. The van der Waals surface area contributed by atoms with Gasteiger partial charge >= 0.3 is 6.18 Å². The summed E-state index contributed by atoms with van der Waals surface area (Å²) in [6, 6.07) is 6.42. The Kier molecular flexibility index (Phi) is 3.42. The molecule has 6 heteroatoms. The van der Waals surface area contributed by atoms with E-state index in [9.17, 15) is 13.2 Å². The molecule has 0 fully saturated rings. The highest BCUT2D eigenvalue weighted by atomic mass is 19.4. The van der Waals surface area contributed by atoms with E-state index in [1.807, 2.05) is 26.0 Å². The van der Waals surface area contributed by atoms with Gasteiger partial charge in [-0.2, -0.15) is 13.2 Å². The lowest BCUT2D eigenvalue weighted by molar-refractivity contribution is -0.141. The van der Waals surface area contributed by atoms with E-state index in [1.54, 1.807) is 6.07 Å². The Hall–Kier alpha value is -2.11. The van der Waals surface area contributed by atoms with Crippen molar-refractivity contribution < 1.29 is 13.2 Å². The van der Waals surface area contributed by atoms with Crippen LogP contribution < -0.4 is 5.32 Å². The van der Waals surface area contributed by atoms with Crippen LogP contribution >= 0.6 is 0 Å². The van der Waals surface area contributed by atoms with Crippen molar-refractivity contribution in [2.45, 2.75) is 20.0 Å². The highest BCUT2D eigenvalue weighted by molar-refractivity contribution is 5.58. The minimum absolute atomic E-state index is 0.0678. The molecule has 0 spiro atoms. The lowest BCUT2D eigenvalue weighted by Gasteiger charge is -2.10. The number of alkyl halides is 3. The van der Waals surface area contributed by atoms with E-state index in [4.69, 9.17) is 0 Å². The fourth-order valence-corrected chi connectivity index (χ4v) is 1.65. The van der Waals surface area contributed by atoms with Crippen molar-refractivity contribution in [1.82, 2.24) is 9.97 Å². The van der Waals surface area contributed by atoms with Gasteiger partial charge in [-0.25, -0.2) is 9.97 Å². The second kappa shape index (κ2) is 4.87. The number of benzene rings is 1. The number of nitrogens with zero attached hydrogens (tertiary/aromatic N) is 2. The van der Waals surface area contributed by atoms with Crippen LogP contribution in [0.25, 0.3) is 0 Å². The average Bonchev–Trinajstić information content (AvgIpc) is 2.32. The van der Waals surface area contributed by atoms with E-state index in [-0.39, 0.29) is 5.95 Å². The van der Waals surface area contributed by atoms with Crippen LogP contribution in [-0.2, 0) is 6.18 Å². The standard InChI is InChI=1S/C13H12F3N3/c1-8-3-4-10(9(2)7-8)18-12-17-6-5-11(19-12)13(14,15)16/h3-7H,1-2H3,(H,17,18,19). The van der Waals surface area contributed by atoms with E-state index in [0.717, 1.165) is 23.4 Å². The van der Waals surface area contributed by atoms with Gasteiger partial charge in [0.15, 0.2) is 0 Å². The molecule has 0 saturated heterocycles. The normalized spacial score (nSPS) is 11.4. The third-order valence-corrected chi connectivity index (χ3v) is 2.57. The monoisotopic (exact) mass is 267 g/mol. The van der Waals surface area contributed by atoms with E-state index in [1.165, 1.54) is 0 Å². The van der Waals surface area contributed by atoms with Crippen LogP contribution in [0, 0.1) is 13.8 Å². The summed E-state index contributed by atoms with van der Waals surface area (Å²) in [4.78, 5) is 7.25. The van der Waals surface area contributed by atoms with Crippen LogP contribution in [0.2, 0.25) is 0 Å². The van der Waals surface area contributed by atoms with Crippen LogP contribution in [0.15, 0.2) is 30.5 Å². The van der Waals surface area contributed by atoms with Gasteiger partial charge in [0.25, 0.3) is 0 Å². The van der Waals surface area contributed by atoms with E-state index in [0.29, 0.717) is 5.69 Å². The number of anilines is 2. The molecule has 1 aromatic heterocycles. The Labute approximate surface area is 108 Å². The van der Waals surface area contributed by atoms with Crippen LogP contribution in [0.5, 0.6) is 0 Å². The Balaban J connectivity index is 2.29. The van der Waals surface area contributed by atoms with Crippen LogP contribution in [0.1, 0.15) is 16.8 Å². The number of nitrogens with one attached hydrogen (secondary N) is 1. The highest BCUT2D eigenvalue weighted by Crippen LogP contribution is 2.28. The Bertz CT molecular complexity index is 594. The molecule has 0 aliphatic heterocycles. The maximum Gasteiger partial charge on any atom is 0.433 e. The first-order valence-electron chi connectivity index (χ1n) is 5.61. The first kappa shape index (κ1) is 13.3. The first-order valence-corrected chi connectivity index (χ1v) is 5.61. The molecule has 3 nitrogen and oxygen atoms in total. The number of rotatable bonds is 2. The number of halogens is 3. The Morgan fingerprint density at radius 3 is 2.47 bits per heavy atom. The maximum atomic E-state index is 12.5. The zero-order chi connectivity index (χ0) is 14.0. The van der Waals surface area contributed by atoms with Gasteiger partial charge < -0.3 is 5.32 Å². The third-order valence-electron chi connectivity index (χ3n) is 2.57. The third kappa shape index (κ3) is 3.21. The molecule has 100 valence electrons. The van der Waals surface area contributed by atoms with Gasteiger partial charge in [-0.05, 0) is 31.5 Å². The summed E-state index contributed by atoms with van der Waals surface area (Å²) in [6.07, 6.45) is -3.39. The zero-order valence-electron chi connectivity index (χ0n) is 10.4. The molecule has 1 heterocycles. The molecule has 0 amide bonds. The summed E-state index contributed by atoms with van der Waals surface area (Å²) in [5, 5.41) is 2.79. The van der Waals surface area contributed by atoms with Gasteiger partial charge in [-0.3, -0.25) is 0 Å². The van der Waals surface area contributed by atoms with Crippen molar-refractivity contribution in [3.05, 3.63) is 47.3 Å². The van der Waals surface area contributed by atoms with Crippen molar-refractivity contribution >= 4 is 11.6 Å². The van der Waals surface area contributed by atoms with Crippen molar-refractivity contribution in [2.24, 2.45) is 0 Å². The minimum atomic E-state index is -4.47. The summed E-state index contributed by atoms with van der Waals surface area (Å²) >= 11 is 0. The molecular weight excluding hydrogens is 255 g/mol. The van der Waals surface area contributed by atoms with Crippen molar-refractivity contribution in [3.8, 4) is 0 Å². The molecular formula is C13H12F3N3. The molecule has 0 radical (unpaired) electrons. The van der Waals surface area contributed by atoms with E-state index >= 15 is 0 Å². The maximum absolute atomic E-state index is 12.5. The molecule has 0 atom stereocenters. The lowest BCUT2D eigenvalue weighted by atomic mass is 10.1. The fraction of sp³-hybridized carbons (Fsp3) is 0.231. The van der Waals surface area contributed by atoms with Crippen molar-refractivity contribution in [1.29, 1.82) is 0 Å². The average molecular weight is 267 g/mol. The number of aromatic nitrogens is 2. The molecule has 19 heavy (non-hydrogen) atoms. The molecule has 1 aromatic carbocycles. The number of aryl methyl sites for hydroxylation is 2. The second-order valence-electron chi connectivity index (χ2n) is 4.21. The summed E-state index contributed by atoms with van der Waals surface area (Å²) in [7, 11) is 0. The quantitative estimate of drug-likeness (QED) is 0.897. The van der Waals surface area contributed by atoms with E-state index in [2.05, 4.69) is 15.3 Å². The van der Waals surface area contributed by atoms with Gasteiger partial charge in [-0.15, -0.1) is 0 Å². The minimum Gasteiger partial charge on any atom is -0.324 e. The van der Waals surface area contributed by atoms with Crippen LogP contribution in [0.3, 0.4) is 0 Å². The molecule has 2 aromatic rings. The zero-order valence-corrected chi connectivity index (χ0v) is 10.4. The van der Waals surface area contributed by atoms with Gasteiger partial charge in [0, 0.05) is 11.9 Å². The van der Waals surface area contributed by atoms with Gasteiger partial charge in [0.2, 0.25) is 5.95 Å². The van der Waals surface area contributed by atoms with Crippen molar-refractivity contribution in [2.75, 3.05) is 5.32 Å². The van der Waals surface area contributed by atoms with Crippen LogP contribution in [0.4, 0.5) is 24.8 Å². The summed E-state index contributed by atoms with van der Waals surface area (Å²) in [5.41, 5.74) is 1.72. The lowest BCUT2D eigenvalue weighted by Crippen LogP contribution is -2.10. The molecule has 0 bridgehead atoms. The second-order valence-corrected chi connectivity index (χ2v) is 4.21. The topological polar surface area (TPSA) is 37.8 Å². The number of hydrogen-bond acceptors (Lipinski definition) is 3.